The van der Waals surface area contributed by atoms with E-state index in [-0.39, 0.29) is 0 Å². The number of imidazole rings is 1. The molecule has 0 unspecified atom stereocenters. The summed E-state index contributed by atoms with van der Waals surface area (Å²) in [5.74, 6) is -0.235. The average Bonchev–Trinajstić information content (AvgIpc) is 2.71. The van der Waals surface area contributed by atoms with Crippen molar-refractivity contribution in [3.63, 3.8) is 0 Å². The Morgan fingerprint density at radius 2 is 2.06 bits per heavy atom. The van der Waals surface area contributed by atoms with Crippen LogP contribution in [0, 0.1) is 11.6 Å². The van der Waals surface area contributed by atoms with Crippen molar-refractivity contribution in [2.45, 2.75) is 6.42 Å². The lowest BCUT2D eigenvalue weighted by atomic mass is 10.1. The van der Waals surface area contributed by atoms with Gasteiger partial charge in [-0.15, -0.1) is 0 Å². The Morgan fingerprint density at radius 1 is 1.25 bits per heavy atom. The molecule has 0 aliphatic rings. The first-order chi connectivity index (χ1) is 7.70. The smallest absolute Gasteiger partial charge is 0.159 e. The molecule has 2 aromatic rings. The number of aryl methyl sites for hydroxylation is 1. The number of aromatic nitrogens is 2. The molecule has 5 heteroatoms. The van der Waals surface area contributed by atoms with Crippen molar-refractivity contribution in [3.8, 4) is 11.3 Å². The summed E-state index contributed by atoms with van der Waals surface area (Å²) < 4.78 is 25.7. The van der Waals surface area contributed by atoms with E-state index in [9.17, 15) is 8.78 Å². The number of aromatic amines is 1. The number of H-pyrrole nitrogens is 1. The molecule has 0 saturated carbocycles. The van der Waals surface area contributed by atoms with Crippen molar-refractivity contribution < 1.29 is 8.78 Å². The van der Waals surface area contributed by atoms with Crippen molar-refractivity contribution in [2.24, 2.45) is 0 Å². The highest BCUT2D eigenvalue weighted by Gasteiger charge is 2.06. The first-order valence-corrected chi connectivity index (χ1v) is 5.44. The Morgan fingerprint density at radius 3 is 2.75 bits per heavy atom. The summed E-state index contributed by atoms with van der Waals surface area (Å²) in [6.45, 7) is 0. The molecular formula is C11H10F2N2S. The summed E-state index contributed by atoms with van der Waals surface area (Å²) in [7, 11) is 0. The van der Waals surface area contributed by atoms with E-state index < -0.39 is 11.6 Å². The summed E-state index contributed by atoms with van der Waals surface area (Å²) in [5.41, 5.74) is 1.26. The van der Waals surface area contributed by atoms with Gasteiger partial charge in [0.2, 0.25) is 0 Å². The molecule has 1 heterocycles. The lowest BCUT2D eigenvalue weighted by molar-refractivity contribution is 0.509. The molecule has 1 aromatic carbocycles. The minimum absolute atomic E-state index is 0.580. The van der Waals surface area contributed by atoms with Gasteiger partial charge in [0.1, 0.15) is 5.82 Å². The molecule has 0 bridgehead atoms. The molecule has 2 nitrogen and oxygen atoms in total. The predicted molar refractivity (Wildman–Crippen MR) is 61.5 cm³/mol. The van der Waals surface area contributed by atoms with Crippen molar-refractivity contribution in [2.75, 3.05) is 5.75 Å². The number of nitrogens with one attached hydrogen (secondary N) is 1. The molecule has 1 aromatic heterocycles. The topological polar surface area (TPSA) is 28.7 Å². The Hall–Kier alpha value is -1.36. The number of hydrogen-bond donors (Lipinski definition) is 2. The van der Waals surface area contributed by atoms with E-state index in [1.807, 2.05) is 0 Å². The van der Waals surface area contributed by atoms with Crippen LogP contribution >= 0.6 is 12.6 Å². The monoisotopic (exact) mass is 240 g/mol. The minimum atomic E-state index is -0.858. The lowest BCUT2D eigenvalue weighted by Crippen LogP contribution is -1.89. The number of thiol groups is 1. The lowest BCUT2D eigenvalue weighted by Gasteiger charge is -1.98. The van der Waals surface area contributed by atoms with Crippen LogP contribution < -0.4 is 0 Å². The molecule has 0 atom stereocenters. The summed E-state index contributed by atoms with van der Waals surface area (Å²) in [6, 6.07) is 3.76. The van der Waals surface area contributed by atoms with Gasteiger partial charge in [0.05, 0.1) is 11.9 Å². The third kappa shape index (κ3) is 2.24. The molecule has 16 heavy (non-hydrogen) atoms. The average molecular weight is 240 g/mol. The number of halogens is 2. The molecule has 0 radical (unpaired) electrons. The quantitative estimate of drug-likeness (QED) is 0.793. The van der Waals surface area contributed by atoms with Gasteiger partial charge in [-0.05, 0) is 24.0 Å². The van der Waals surface area contributed by atoms with Crippen LogP contribution in [0.3, 0.4) is 0 Å². The maximum Gasteiger partial charge on any atom is 0.159 e. The molecule has 1 N–H and O–H groups in total. The number of benzene rings is 1. The molecule has 0 aliphatic heterocycles. The third-order valence-corrected chi connectivity index (χ3v) is 2.43. The second kappa shape index (κ2) is 4.65. The van der Waals surface area contributed by atoms with Gasteiger partial charge in [-0.1, -0.05) is 0 Å². The van der Waals surface area contributed by atoms with Crippen LogP contribution in [0.1, 0.15) is 5.82 Å². The van der Waals surface area contributed by atoms with Crippen LogP contribution in [0.25, 0.3) is 11.3 Å². The highest BCUT2D eigenvalue weighted by Crippen LogP contribution is 2.19. The fourth-order valence-electron chi connectivity index (χ4n) is 1.41. The van der Waals surface area contributed by atoms with Gasteiger partial charge in [0.15, 0.2) is 11.6 Å². The number of rotatable bonds is 3. The molecular weight excluding hydrogens is 230 g/mol. The number of nitrogens with zero attached hydrogens (tertiary/aromatic N) is 1. The van der Waals surface area contributed by atoms with Gasteiger partial charge in [-0.3, -0.25) is 0 Å². The molecule has 84 valence electrons. The van der Waals surface area contributed by atoms with Crippen LogP contribution in [-0.2, 0) is 6.42 Å². The summed E-state index contributed by atoms with van der Waals surface area (Å²) in [5, 5.41) is 0. The standard InChI is InChI=1S/C11H10F2N2S/c12-8-2-1-7(5-9(8)13)10-6-14-11(15-10)3-4-16/h1-2,5-6,16H,3-4H2,(H,14,15). The molecule has 0 spiro atoms. The van der Waals surface area contributed by atoms with E-state index in [0.29, 0.717) is 23.4 Å². The van der Waals surface area contributed by atoms with E-state index in [0.717, 1.165) is 18.0 Å². The Bertz CT molecular complexity index is 496. The highest BCUT2D eigenvalue weighted by molar-refractivity contribution is 7.80. The van der Waals surface area contributed by atoms with E-state index in [2.05, 4.69) is 22.6 Å². The minimum Gasteiger partial charge on any atom is -0.342 e. The third-order valence-electron chi connectivity index (χ3n) is 2.21. The van der Waals surface area contributed by atoms with E-state index >= 15 is 0 Å². The second-order valence-corrected chi connectivity index (χ2v) is 3.79. The molecule has 0 fully saturated rings. The van der Waals surface area contributed by atoms with Crippen molar-refractivity contribution in [1.29, 1.82) is 0 Å². The van der Waals surface area contributed by atoms with Crippen LogP contribution in [0.15, 0.2) is 24.4 Å². The van der Waals surface area contributed by atoms with Crippen LogP contribution in [-0.4, -0.2) is 15.7 Å². The van der Waals surface area contributed by atoms with Gasteiger partial charge in [0.25, 0.3) is 0 Å². The maximum atomic E-state index is 13.0. The van der Waals surface area contributed by atoms with Gasteiger partial charge in [0, 0.05) is 12.0 Å². The fourth-order valence-corrected chi connectivity index (χ4v) is 1.62. The normalized spacial score (nSPS) is 10.7. The van der Waals surface area contributed by atoms with Crippen LogP contribution in [0.2, 0.25) is 0 Å². The van der Waals surface area contributed by atoms with E-state index in [1.165, 1.54) is 6.07 Å². The molecule has 2 rings (SSSR count). The van der Waals surface area contributed by atoms with E-state index in [1.54, 1.807) is 6.20 Å². The van der Waals surface area contributed by atoms with Crippen LogP contribution in [0.5, 0.6) is 0 Å². The highest BCUT2D eigenvalue weighted by atomic mass is 32.1. The zero-order valence-corrected chi connectivity index (χ0v) is 9.27. The second-order valence-electron chi connectivity index (χ2n) is 3.35. The maximum absolute atomic E-state index is 13.0. The summed E-state index contributed by atoms with van der Waals surface area (Å²) >= 11 is 4.09. The Kier molecular flexibility index (Phi) is 3.24. The zero-order valence-electron chi connectivity index (χ0n) is 8.37. The summed E-state index contributed by atoms with van der Waals surface area (Å²) in [6.07, 6.45) is 2.32. The van der Waals surface area contributed by atoms with Crippen molar-refractivity contribution in [3.05, 3.63) is 41.9 Å². The summed E-state index contributed by atoms with van der Waals surface area (Å²) in [4.78, 5) is 7.14. The molecule has 0 aliphatic carbocycles. The predicted octanol–water partition coefficient (Wildman–Crippen LogP) is 2.83. The molecule has 0 saturated heterocycles. The molecule has 0 amide bonds. The van der Waals surface area contributed by atoms with Gasteiger partial charge < -0.3 is 4.98 Å². The van der Waals surface area contributed by atoms with Crippen LogP contribution in [0.4, 0.5) is 8.78 Å². The van der Waals surface area contributed by atoms with E-state index in [4.69, 9.17) is 0 Å². The Labute approximate surface area is 97.1 Å². The largest absolute Gasteiger partial charge is 0.342 e. The van der Waals surface area contributed by atoms with Gasteiger partial charge in [-0.2, -0.15) is 12.6 Å². The number of hydrogen-bond acceptors (Lipinski definition) is 2. The first kappa shape index (κ1) is 11.1. The van der Waals surface area contributed by atoms with Gasteiger partial charge >= 0.3 is 0 Å². The SMILES string of the molecule is Fc1ccc(-c2cnc(CCS)[nH]2)cc1F. The first-order valence-electron chi connectivity index (χ1n) is 4.81. The van der Waals surface area contributed by atoms with Crippen molar-refractivity contribution in [1.82, 2.24) is 9.97 Å². The fraction of sp³-hybridized carbons (Fsp3) is 0.182. The zero-order chi connectivity index (χ0) is 11.5. The Balaban J connectivity index is 2.31. The van der Waals surface area contributed by atoms with Gasteiger partial charge in [-0.25, -0.2) is 13.8 Å². The van der Waals surface area contributed by atoms with Crippen molar-refractivity contribution >= 4 is 12.6 Å².